The lowest BCUT2D eigenvalue weighted by Crippen LogP contribution is -2.98. The summed E-state index contributed by atoms with van der Waals surface area (Å²) in [5.74, 6) is -7.51. The minimum absolute atomic E-state index is 0.113. The maximum absolute atomic E-state index is 14.5. The summed E-state index contributed by atoms with van der Waals surface area (Å²) in [6, 6.07) is 1.46. The maximum Gasteiger partial charge on any atom is 0.509 e. The molecule has 56 heavy (non-hydrogen) atoms. The normalized spacial score (nSPS) is 44.1. The molecular weight excluding hydrogens is 744 g/mol. The Morgan fingerprint density at radius 1 is 0.964 bits per heavy atom. The molecule has 2 spiro atoms. The number of hydrogen-bond acceptors (Lipinski definition) is 18. The quantitative estimate of drug-likeness (QED) is 0.225. The third kappa shape index (κ3) is 4.37. The van der Waals surface area contributed by atoms with E-state index in [-0.39, 0.29) is 17.7 Å². The minimum Gasteiger partial charge on any atom is -0.487 e. The van der Waals surface area contributed by atoms with Crippen molar-refractivity contribution in [2.24, 2.45) is 28.1 Å². The van der Waals surface area contributed by atoms with Crippen LogP contribution in [0.25, 0.3) is 0 Å². The van der Waals surface area contributed by atoms with E-state index in [2.05, 4.69) is 0 Å². The summed E-state index contributed by atoms with van der Waals surface area (Å²) < 4.78 is 53.6. The Hall–Kier alpha value is -4.68. The molecule has 6 fully saturated rings. The number of rotatable bonds is 10. The van der Waals surface area contributed by atoms with Crippen LogP contribution in [0.1, 0.15) is 79.4 Å². The molecule has 14 atom stereocenters. The zero-order valence-corrected chi connectivity index (χ0v) is 32.1. The average molecular weight is 791 g/mol. The standard InChI is InChI=1S/C38H46O18/c1-9-22-12-24-33(7,26(51-18(3)40)21-10-11-49-14-21)27(52-19(4)41)28(53-20(5)42)38(47)34(16-50-17(2)39)23(13-25(43)48-8)32(6)15-35(34)36(46,29(32)44)30(54-22)37(24,38)56-31(45)55-35/h10-12,14,23-24,26-30,44,46-47H,9,13,15-16H2,1-8H3/t23-,24+,26-,27-,28+,29-,30+,32+,33+,34+,35+,36-,37+,38-/m0/s1. The summed E-state index contributed by atoms with van der Waals surface area (Å²) in [4.78, 5) is 80.7. The fourth-order valence-electron chi connectivity index (χ4n) is 12.1. The van der Waals surface area contributed by atoms with Crippen molar-refractivity contribution in [2.75, 3.05) is 13.7 Å². The Balaban J connectivity index is 1.72. The molecule has 4 aliphatic carbocycles. The van der Waals surface area contributed by atoms with Gasteiger partial charge in [0.05, 0.1) is 42.3 Å². The Morgan fingerprint density at radius 3 is 2.18 bits per heavy atom. The first-order valence-corrected chi connectivity index (χ1v) is 18.3. The highest BCUT2D eigenvalue weighted by atomic mass is 16.8. The Bertz CT molecular complexity index is 1910. The van der Waals surface area contributed by atoms with E-state index in [0.29, 0.717) is 0 Å². The molecule has 0 aromatic carbocycles. The van der Waals surface area contributed by atoms with Gasteiger partial charge in [0.1, 0.15) is 12.7 Å². The second-order valence-electron chi connectivity index (χ2n) is 16.3. The van der Waals surface area contributed by atoms with Gasteiger partial charge < -0.3 is 57.6 Å². The van der Waals surface area contributed by atoms with Gasteiger partial charge in [0, 0.05) is 57.4 Å². The van der Waals surface area contributed by atoms with Crippen LogP contribution in [0.4, 0.5) is 4.79 Å². The third-order valence-electron chi connectivity index (χ3n) is 13.8. The van der Waals surface area contributed by atoms with Gasteiger partial charge in [0.2, 0.25) is 0 Å². The van der Waals surface area contributed by atoms with E-state index in [1.807, 2.05) is 0 Å². The monoisotopic (exact) mass is 790 g/mol. The van der Waals surface area contributed by atoms with Gasteiger partial charge in [-0.25, -0.2) is 4.79 Å². The van der Waals surface area contributed by atoms with Crippen molar-refractivity contribution in [3.8, 4) is 0 Å². The van der Waals surface area contributed by atoms with E-state index < -0.39 is 136 Å². The number of methoxy groups -OCH3 is 1. The van der Waals surface area contributed by atoms with Gasteiger partial charge >= 0.3 is 36.0 Å². The zero-order chi connectivity index (χ0) is 41.2. The molecule has 4 heterocycles. The summed E-state index contributed by atoms with van der Waals surface area (Å²) in [5, 5.41) is 40.6. The smallest absolute Gasteiger partial charge is 0.487 e. The number of esters is 5. The van der Waals surface area contributed by atoms with Crippen molar-refractivity contribution >= 4 is 36.0 Å². The van der Waals surface area contributed by atoms with Gasteiger partial charge in [-0.3, -0.25) is 24.0 Å². The van der Waals surface area contributed by atoms with Gasteiger partial charge in [0.25, 0.3) is 0 Å². The molecule has 3 N–H and O–H groups in total. The predicted octanol–water partition coefficient (Wildman–Crippen LogP) is 1.71. The molecule has 18 heteroatoms. The second-order valence-corrected chi connectivity index (χ2v) is 16.3. The average Bonchev–Trinajstić information content (AvgIpc) is 3.74. The van der Waals surface area contributed by atoms with Gasteiger partial charge in [-0.2, -0.15) is 0 Å². The highest BCUT2D eigenvalue weighted by Crippen LogP contribution is 2.86. The van der Waals surface area contributed by atoms with Crippen LogP contribution in [0.5, 0.6) is 0 Å². The number of hydrogen-bond donors (Lipinski definition) is 3. The molecule has 8 rings (SSSR count). The maximum atomic E-state index is 14.5. The van der Waals surface area contributed by atoms with Gasteiger partial charge in [0.15, 0.2) is 40.7 Å². The molecule has 0 unspecified atom stereocenters. The SMILES string of the molecule is CCC1=C[C@@H]2[C@](C)([C@@H](OC(C)=O)c3ccoc3)[C@@H](OC(C)=O)[C@@H](OC(C)=O)[C@@]3(O)[C@@]24OC(=O)O[C@@]25C[C@@](C)([C@H](O)[C@]2(O)[C@H]4O1)[C@H](CC(=O)OC)[C@]53COC(C)=O. The van der Waals surface area contributed by atoms with E-state index in [9.17, 15) is 44.1 Å². The van der Waals surface area contributed by atoms with Crippen molar-refractivity contribution in [2.45, 2.75) is 121 Å². The van der Waals surface area contributed by atoms with Crippen molar-refractivity contribution in [1.29, 1.82) is 0 Å². The molecule has 0 amide bonds. The lowest BCUT2D eigenvalue weighted by molar-refractivity contribution is -0.448. The topological polar surface area (TPSA) is 250 Å². The van der Waals surface area contributed by atoms with Crippen LogP contribution in [0, 0.1) is 28.1 Å². The number of carbonyl (C=O) groups is 6. The summed E-state index contributed by atoms with van der Waals surface area (Å²) >= 11 is 0. The summed E-state index contributed by atoms with van der Waals surface area (Å²) in [6.07, 6.45) is -7.96. The fraction of sp³-hybridized carbons (Fsp3) is 0.684. The summed E-state index contributed by atoms with van der Waals surface area (Å²) in [6.45, 7) is 7.98. The van der Waals surface area contributed by atoms with Crippen molar-refractivity contribution < 1.29 is 86.4 Å². The first-order chi connectivity index (χ1) is 26.1. The number of aliphatic hydroxyl groups excluding tert-OH is 1. The molecule has 3 aliphatic heterocycles. The number of fused-ring (bicyclic) bond motifs is 3. The van der Waals surface area contributed by atoms with E-state index in [0.717, 1.165) is 34.8 Å². The van der Waals surface area contributed by atoms with Gasteiger partial charge in [-0.1, -0.05) is 20.8 Å². The number of aliphatic hydroxyl groups is 3. The molecule has 0 radical (unpaired) electrons. The fourth-order valence-corrected chi connectivity index (χ4v) is 12.1. The highest BCUT2D eigenvalue weighted by molar-refractivity contribution is 5.74. The summed E-state index contributed by atoms with van der Waals surface area (Å²) in [7, 11) is 1.10. The van der Waals surface area contributed by atoms with E-state index >= 15 is 0 Å². The van der Waals surface area contributed by atoms with Crippen LogP contribution in [-0.4, -0.2) is 112 Å². The van der Waals surface area contributed by atoms with Crippen LogP contribution in [0.3, 0.4) is 0 Å². The lowest BCUT2D eigenvalue weighted by Gasteiger charge is -2.77. The van der Waals surface area contributed by atoms with Crippen LogP contribution in [0.15, 0.2) is 34.8 Å². The molecule has 18 nitrogen and oxygen atoms in total. The van der Waals surface area contributed by atoms with Crippen LogP contribution >= 0.6 is 0 Å². The molecule has 2 saturated heterocycles. The molecular formula is C38H46O18. The van der Waals surface area contributed by atoms with Crippen LogP contribution < -0.4 is 0 Å². The minimum atomic E-state index is -3.04. The molecule has 1 aromatic rings. The first-order valence-electron chi connectivity index (χ1n) is 18.3. The molecule has 306 valence electrons. The predicted molar refractivity (Wildman–Crippen MR) is 180 cm³/mol. The highest BCUT2D eigenvalue weighted by Gasteiger charge is 3.04. The van der Waals surface area contributed by atoms with Gasteiger partial charge in [-0.15, -0.1) is 0 Å². The first kappa shape index (κ1) is 39.6. The van der Waals surface area contributed by atoms with E-state index in [1.54, 1.807) is 6.92 Å². The van der Waals surface area contributed by atoms with Crippen LogP contribution in [0.2, 0.25) is 0 Å². The number of ether oxygens (including phenoxy) is 8. The van der Waals surface area contributed by atoms with E-state index in [4.69, 9.17) is 42.3 Å². The van der Waals surface area contributed by atoms with Gasteiger partial charge in [-0.05, 0) is 24.5 Å². The number of carbonyl (C=O) groups excluding carboxylic acids is 6. The van der Waals surface area contributed by atoms with Crippen molar-refractivity contribution in [3.63, 3.8) is 0 Å². The zero-order valence-electron chi connectivity index (χ0n) is 32.1. The molecule has 7 aliphatic rings. The van der Waals surface area contributed by atoms with E-state index in [1.165, 1.54) is 38.5 Å². The van der Waals surface area contributed by atoms with Crippen molar-refractivity contribution in [3.05, 3.63) is 36.0 Å². The third-order valence-corrected chi connectivity index (χ3v) is 13.8. The Kier molecular flexibility index (Phi) is 8.76. The summed E-state index contributed by atoms with van der Waals surface area (Å²) in [5.41, 5.74) is -17.1. The molecule has 4 saturated carbocycles. The lowest BCUT2D eigenvalue weighted by atomic mass is 9.32. The Morgan fingerprint density at radius 2 is 1.62 bits per heavy atom. The van der Waals surface area contributed by atoms with Crippen LogP contribution in [-0.2, 0) is 61.9 Å². The Labute approximate surface area is 320 Å². The molecule has 3 bridgehead atoms. The largest absolute Gasteiger partial charge is 0.509 e. The van der Waals surface area contributed by atoms with Crippen molar-refractivity contribution in [1.82, 2.24) is 0 Å². The molecule has 1 aromatic heterocycles. The number of allylic oxidation sites excluding steroid dienone is 1. The second kappa shape index (κ2) is 12.4. The number of furan rings is 1.